The summed E-state index contributed by atoms with van der Waals surface area (Å²) in [4.78, 5) is 16.7. The Kier molecular flexibility index (Phi) is 3.33. The fraction of sp³-hybridized carbons (Fsp3) is 0.0769. The molecule has 0 fully saturated rings. The lowest BCUT2D eigenvalue weighted by molar-refractivity contribution is -0.129. The van der Waals surface area contributed by atoms with E-state index in [9.17, 15) is 4.79 Å². The first-order chi connectivity index (χ1) is 9.63. The van der Waals surface area contributed by atoms with Crippen molar-refractivity contribution in [1.82, 2.24) is 9.59 Å². The van der Waals surface area contributed by atoms with Gasteiger partial charge < -0.3 is 4.74 Å². The molecule has 1 aliphatic heterocycles. The van der Waals surface area contributed by atoms with Crippen LogP contribution in [-0.4, -0.2) is 21.5 Å². The van der Waals surface area contributed by atoms with Crippen LogP contribution in [0.4, 0.5) is 0 Å². The Hall–Kier alpha value is -2.05. The van der Waals surface area contributed by atoms with E-state index in [4.69, 9.17) is 16.3 Å². The predicted octanol–water partition coefficient (Wildman–Crippen LogP) is 2.84. The number of hydrogen-bond donors (Lipinski definition) is 0. The molecular formula is C13H8ClN3O2S. The number of ether oxygens (including phenoxy) is 1. The van der Waals surface area contributed by atoms with E-state index in [2.05, 4.69) is 14.6 Å². The van der Waals surface area contributed by atoms with Crippen LogP contribution < -0.4 is 0 Å². The zero-order valence-electron chi connectivity index (χ0n) is 10.3. The summed E-state index contributed by atoms with van der Waals surface area (Å²) < 4.78 is 8.94. The monoisotopic (exact) mass is 305 g/mol. The zero-order valence-corrected chi connectivity index (χ0v) is 11.9. The van der Waals surface area contributed by atoms with Gasteiger partial charge in [0.2, 0.25) is 5.90 Å². The van der Waals surface area contributed by atoms with Gasteiger partial charge in [0, 0.05) is 5.02 Å². The van der Waals surface area contributed by atoms with Gasteiger partial charge in [-0.3, -0.25) is 0 Å². The Morgan fingerprint density at radius 1 is 1.30 bits per heavy atom. The molecule has 2 aromatic rings. The molecule has 0 amide bonds. The third-order valence-corrected chi connectivity index (χ3v) is 3.71. The van der Waals surface area contributed by atoms with Crippen molar-refractivity contribution in [2.45, 2.75) is 6.92 Å². The summed E-state index contributed by atoms with van der Waals surface area (Å²) >= 11 is 6.96. The second-order valence-electron chi connectivity index (χ2n) is 4.08. The molecule has 7 heteroatoms. The largest absolute Gasteiger partial charge is 0.401 e. The highest BCUT2D eigenvalue weighted by Gasteiger charge is 2.26. The third-order valence-electron chi connectivity index (χ3n) is 2.64. The summed E-state index contributed by atoms with van der Waals surface area (Å²) in [6, 6.07) is 7.09. The summed E-state index contributed by atoms with van der Waals surface area (Å²) in [5.74, 6) is -0.231. The number of hydrogen-bond acceptors (Lipinski definition) is 6. The SMILES string of the molecule is Cc1nnsc1C1=N/C(=C/c2ccc(Cl)cc2)C(=O)O1. The van der Waals surface area contributed by atoms with Gasteiger partial charge in [0.25, 0.3) is 0 Å². The van der Waals surface area contributed by atoms with Crippen molar-refractivity contribution in [2.75, 3.05) is 0 Å². The van der Waals surface area contributed by atoms with Crippen molar-refractivity contribution < 1.29 is 9.53 Å². The lowest BCUT2D eigenvalue weighted by Gasteiger charge is -1.94. The Morgan fingerprint density at radius 2 is 2.05 bits per heavy atom. The maximum absolute atomic E-state index is 11.8. The third kappa shape index (κ3) is 2.48. The molecule has 1 aliphatic rings. The van der Waals surface area contributed by atoms with Crippen LogP contribution in [0, 0.1) is 6.92 Å². The van der Waals surface area contributed by atoms with Gasteiger partial charge in [-0.05, 0) is 42.2 Å². The van der Waals surface area contributed by atoms with E-state index in [0.29, 0.717) is 15.6 Å². The van der Waals surface area contributed by atoms with Crippen molar-refractivity contribution in [2.24, 2.45) is 4.99 Å². The van der Waals surface area contributed by atoms with Crippen LogP contribution in [0.2, 0.25) is 5.02 Å². The number of carbonyl (C=O) groups is 1. The van der Waals surface area contributed by atoms with Gasteiger partial charge in [-0.2, -0.15) is 0 Å². The van der Waals surface area contributed by atoms with Crippen LogP contribution in [0.1, 0.15) is 16.1 Å². The lowest BCUT2D eigenvalue weighted by Crippen LogP contribution is -2.04. The molecular weight excluding hydrogens is 298 g/mol. The average molecular weight is 306 g/mol. The number of nitrogens with zero attached hydrogens (tertiary/aromatic N) is 3. The van der Waals surface area contributed by atoms with Crippen molar-refractivity contribution >= 4 is 41.1 Å². The molecule has 5 nitrogen and oxygen atoms in total. The molecule has 20 heavy (non-hydrogen) atoms. The standard InChI is InChI=1S/C13H8ClN3O2S/c1-7-11(20-17-16-7)12-15-10(13(18)19-12)6-8-2-4-9(14)5-3-8/h2-6H,1H3/b10-6+. The molecule has 3 rings (SSSR count). The maximum Gasteiger partial charge on any atom is 0.363 e. The molecule has 0 saturated heterocycles. The minimum absolute atomic E-state index is 0.245. The first kappa shape index (κ1) is 13.0. The van der Waals surface area contributed by atoms with Crippen LogP contribution in [-0.2, 0) is 9.53 Å². The highest BCUT2D eigenvalue weighted by atomic mass is 35.5. The molecule has 0 aliphatic carbocycles. The van der Waals surface area contributed by atoms with Gasteiger partial charge in [-0.15, -0.1) is 5.10 Å². The Morgan fingerprint density at radius 3 is 2.70 bits per heavy atom. The number of rotatable bonds is 2. The van der Waals surface area contributed by atoms with E-state index in [-0.39, 0.29) is 11.6 Å². The molecule has 0 spiro atoms. The average Bonchev–Trinajstić information content (AvgIpc) is 2.99. The van der Waals surface area contributed by atoms with Gasteiger partial charge in [-0.25, -0.2) is 9.79 Å². The summed E-state index contributed by atoms with van der Waals surface area (Å²) in [6.45, 7) is 1.79. The van der Waals surface area contributed by atoms with Crippen molar-refractivity contribution in [1.29, 1.82) is 0 Å². The molecule has 1 aromatic carbocycles. The maximum atomic E-state index is 11.8. The molecule has 0 atom stereocenters. The second-order valence-corrected chi connectivity index (χ2v) is 5.27. The van der Waals surface area contributed by atoms with E-state index in [0.717, 1.165) is 17.1 Å². The Bertz CT molecular complexity index is 734. The van der Waals surface area contributed by atoms with Crippen molar-refractivity contribution in [3.8, 4) is 0 Å². The molecule has 0 N–H and O–H groups in total. The van der Waals surface area contributed by atoms with Gasteiger partial charge in [0.05, 0.1) is 5.69 Å². The highest BCUT2D eigenvalue weighted by Crippen LogP contribution is 2.22. The lowest BCUT2D eigenvalue weighted by atomic mass is 10.2. The number of aliphatic imine (C=N–C) groups is 1. The van der Waals surface area contributed by atoms with Gasteiger partial charge in [0.15, 0.2) is 5.70 Å². The first-order valence-electron chi connectivity index (χ1n) is 5.71. The van der Waals surface area contributed by atoms with Crippen molar-refractivity contribution in [3.05, 3.63) is 51.1 Å². The summed E-state index contributed by atoms with van der Waals surface area (Å²) in [5, 5.41) is 4.50. The fourth-order valence-corrected chi connectivity index (χ4v) is 2.36. The Balaban J connectivity index is 1.94. The highest BCUT2D eigenvalue weighted by molar-refractivity contribution is 7.08. The number of aryl methyl sites for hydroxylation is 1. The number of cyclic esters (lactones) is 1. The predicted molar refractivity (Wildman–Crippen MR) is 76.7 cm³/mol. The fourth-order valence-electron chi connectivity index (χ4n) is 1.65. The van der Waals surface area contributed by atoms with Crippen LogP contribution in [0.15, 0.2) is 35.0 Å². The minimum Gasteiger partial charge on any atom is -0.401 e. The van der Waals surface area contributed by atoms with E-state index >= 15 is 0 Å². The number of carbonyl (C=O) groups excluding carboxylic acids is 1. The van der Waals surface area contributed by atoms with E-state index in [1.807, 2.05) is 0 Å². The number of halogens is 1. The molecule has 100 valence electrons. The second kappa shape index (κ2) is 5.15. The number of esters is 1. The molecule has 0 radical (unpaired) electrons. The van der Waals surface area contributed by atoms with E-state index in [1.54, 1.807) is 37.3 Å². The Labute approximate surface area is 123 Å². The van der Waals surface area contributed by atoms with Crippen molar-refractivity contribution in [3.63, 3.8) is 0 Å². The van der Waals surface area contributed by atoms with Gasteiger partial charge >= 0.3 is 5.97 Å². The molecule has 0 saturated carbocycles. The smallest absolute Gasteiger partial charge is 0.363 e. The number of aromatic nitrogens is 2. The number of benzene rings is 1. The van der Waals surface area contributed by atoms with Crippen LogP contribution in [0.5, 0.6) is 0 Å². The molecule has 0 bridgehead atoms. The summed E-state index contributed by atoms with van der Waals surface area (Å²) in [6.07, 6.45) is 1.65. The molecule has 0 unspecified atom stereocenters. The molecule has 2 heterocycles. The summed E-state index contributed by atoms with van der Waals surface area (Å²) in [7, 11) is 0. The zero-order chi connectivity index (χ0) is 14.1. The van der Waals surface area contributed by atoms with Gasteiger partial charge in [-0.1, -0.05) is 28.2 Å². The van der Waals surface area contributed by atoms with Gasteiger partial charge in [0.1, 0.15) is 4.88 Å². The minimum atomic E-state index is -0.484. The normalized spacial score (nSPS) is 16.4. The van der Waals surface area contributed by atoms with E-state index in [1.165, 1.54) is 0 Å². The van der Waals surface area contributed by atoms with E-state index < -0.39 is 5.97 Å². The van der Waals surface area contributed by atoms with Crippen LogP contribution in [0.25, 0.3) is 6.08 Å². The van der Waals surface area contributed by atoms with Crippen LogP contribution in [0.3, 0.4) is 0 Å². The summed E-state index contributed by atoms with van der Waals surface area (Å²) in [5.41, 5.74) is 1.76. The quantitative estimate of drug-likeness (QED) is 0.632. The first-order valence-corrected chi connectivity index (χ1v) is 6.86. The molecule has 1 aromatic heterocycles. The topological polar surface area (TPSA) is 64.4 Å². The van der Waals surface area contributed by atoms with Crippen LogP contribution >= 0.6 is 23.1 Å².